The van der Waals surface area contributed by atoms with Gasteiger partial charge in [-0.3, -0.25) is 0 Å². The van der Waals surface area contributed by atoms with Gasteiger partial charge in [0, 0.05) is 19.3 Å². The maximum absolute atomic E-state index is 5.82. The van der Waals surface area contributed by atoms with Crippen LogP contribution in [0.3, 0.4) is 0 Å². The van der Waals surface area contributed by atoms with Crippen molar-refractivity contribution in [1.82, 2.24) is 4.98 Å². The van der Waals surface area contributed by atoms with E-state index in [1.165, 1.54) is 5.56 Å². The Kier molecular flexibility index (Phi) is 3.66. The molecule has 5 heteroatoms. The first-order valence-electron chi connectivity index (χ1n) is 6.66. The number of hydrogen-bond acceptors (Lipinski definition) is 5. The minimum atomic E-state index is 0.771. The van der Waals surface area contributed by atoms with Crippen LogP contribution in [0, 0.1) is 0 Å². The highest BCUT2D eigenvalue weighted by molar-refractivity contribution is 7.22. The predicted octanol–water partition coefficient (Wildman–Crippen LogP) is 3.52. The van der Waals surface area contributed by atoms with Gasteiger partial charge in [0.25, 0.3) is 0 Å². The minimum Gasteiger partial charge on any atom is -0.497 e. The molecule has 3 aromatic rings. The lowest BCUT2D eigenvalue weighted by Crippen LogP contribution is -2.15. The third kappa shape index (κ3) is 2.92. The molecule has 108 valence electrons. The summed E-state index contributed by atoms with van der Waals surface area (Å²) < 4.78 is 6.37. The highest BCUT2D eigenvalue weighted by Crippen LogP contribution is 2.30. The van der Waals surface area contributed by atoms with Crippen LogP contribution in [0.5, 0.6) is 5.75 Å². The second-order valence-electron chi connectivity index (χ2n) is 4.93. The monoisotopic (exact) mass is 299 g/mol. The summed E-state index contributed by atoms with van der Waals surface area (Å²) in [6.07, 6.45) is 0. The van der Waals surface area contributed by atoms with E-state index in [9.17, 15) is 0 Å². The highest BCUT2D eigenvalue weighted by atomic mass is 32.1. The van der Waals surface area contributed by atoms with Crippen molar-refractivity contribution in [3.8, 4) is 5.75 Å². The number of thiazole rings is 1. The number of ether oxygens (including phenoxy) is 1. The number of nitrogen functional groups attached to an aromatic ring is 1. The summed E-state index contributed by atoms with van der Waals surface area (Å²) in [5.74, 6) is 0.873. The molecular formula is C16H17N3OS. The molecular weight excluding hydrogens is 282 g/mol. The molecule has 2 N–H and O–H groups in total. The third-order valence-corrected chi connectivity index (χ3v) is 4.41. The zero-order valence-electron chi connectivity index (χ0n) is 12.0. The molecule has 0 radical (unpaired) electrons. The summed E-state index contributed by atoms with van der Waals surface area (Å²) in [5, 5.41) is 0.985. The summed E-state index contributed by atoms with van der Waals surface area (Å²) >= 11 is 1.65. The molecule has 0 saturated heterocycles. The lowest BCUT2D eigenvalue weighted by atomic mass is 10.2. The summed E-state index contributed by atoms with van der Waals surface area (Å²) in [4.78, 5) is 6.78. The van der Waals surface area contributed by atoms with E-state index in [4.69, 9.17) is 10.5 Å². The van der Waals surface area contributed by atoms with Gasteiger partial charge in [0.2, 0.25) is 0 Å². The predicted molar refractivity (Wildman–Crippen MR) is 89.1 cm³/mol. The number of nitrogens with zero attached hydrogens (tertiary/aromatic N) is 2. The van der Waals surface area contributed by atoms with E-state index in [0.717, 1.165) is 33.3 Å². The number of methoxy groups -OCH3 is 1. The first kappa shape index (κ1) is 13.7. The summed E-state index contributed by atoms with van der Waals surface area (Å²) in [7, 11) is 3.72. The minimum absolute atomic E-state index is 0.771. The normalized spacial score (nSPS) is 10.8. The molecule has 3 rings (SSSR count). The number of aromatic nitrogens is 1. The van der Waals surface area contributed by atoms with Crippen LogP contribution in [0.2, 0.25) is 0 Å². The van der Waals surface area contributed by atoms with Gasteiger partial charge in [-0.25, -0.2) is 4.98 Å². The summed E-state index contributed by atoms with van der Waals surface area (Å²) in [5.41, 5.74) is 8.77. The molecule has 4 nitrogen and oxygen atoms in total. The van der Waals surface area contributed by atoms with Crippen molar-refractivity contribution < 1.29 is 4.74 Å². The average molecular weight is 299 g/mol. The van der Waals surface area contributed by atoms with Crippen LogP contribution in [-0.2, 0) is 6.54 Å². The topological polar surface area (TPSA) is 51.4 Å². The van der Waals surface area contributed by atoms with Crippen LogP contribution in [0.1, 0.15) is 5.56 Å². The molecule has 1 heterocycles. The molecule has 0 saturated carbocycles. The quantitative estimate of drug-likeness (QED) is 0.749. The van der Waals surface area contributed by atoms with Crippen molar-refractivity contribution in [2.24, 2.45) is 0 Å². The zero-order valence-corrected chi connectivity index (χ0v) is 12.9. The number of hydrogen-bond donors (Lipinski definition) is 1. The van der Waals surface area contributed by atoms with E-state index in [-0.39, 0.29) is 0 Å². The summed E-state index contributed by atoms with van der Waals surface area (Å²) in [6.45, 7) is 0.784. The van der Waals surface area contributed by atoms with E-state index >= 15 is 0 Å². The second kappa shape index (κ2) is 5.61. The fraction of sp³-hybridized carbons (Fsp3) is 0.188. The first-order valence-corrected chi connectivity index (χ1v) is 7.47. The van der Waals surface area contributed by atoms with Crippen LogP contribution in [0.15, 0.2) is 42.5 Å². The Morgan fingerprint density at radius 1 is 1.24 bits per heavy atom. The largest absolute Gasteiger partial charge is 0.497 e. The van der Waals surface area contributed by atoms with Crippen molar-refractivity contribution in [3.05, 3.63) is 48.0 Å². The highest BCUT2D eigenvalue weighted by Gasteiger charge is 2.09. The Balaban J connectivity index is 1.84. The number of nitrogens with two attached hydrogens (primary N) is 1. The molecule has 0 aliphatic rings. The van der Waals surface area contributed by atoms with Gasteiger partial charge in [0.15, 0.2) is 5.13 Å². The Labute approximate surface area is 127 Å². The van der Waals surface area contributed by atoms with Crippen LogP contribution in [0.4, 0.5) is 10.8 Å². The molecule has 21 heavy (non-hydrogen) atoms. The Hall–Kier alpha value is -2.27. The fourth-order valence-corrected chi connectivity index (χ4v) is 3.18. The Bertz CT molecular complexity index is 769. The summed E-state index contributed by atoms with van der Waals surface area (Å²) in [6, 6.07) is 13.9. The maximum atomic E-state index is 5.82. The van der Waals surface area contributed by atoms with Gasteiger partial charge in [-0.1, -0.05) is 23.5 Å². The lowest BCUT2D eigenvalue weighted by molar-refractivity contribution is 0.414. The molecule has 0 amide bonds. The molecule has 0 bridgehead atoms. The molecule has 0 spiro atoms. The maximum Gasteiger partial charge on any atom is 0.186 e. The van der Waals surface area contributed by atoms with Gasteiger partial charge in [-0.05, 0) is 35.9 Å². The number of anilines is 2. The standard InChI is InChI=1S/C16H17N3OS/c1-19(10-11-4-3-5-13(8-11)20-2)16-18-14-7-6-12(17)9-15(14)21-16/h3-9H,10,17H2,1-2H3. The van der Waals surface area contributed by atoms with Crippen molar-refractivity contribution in [2.75, 3.05) is 24.8 Å². The molecule has 0 unspecified atom stereocenters. The van der Waals surface area contributed by atoms with Crippen molar-refractivity contribution >= 4 is 32.4 Å². The third-order valence-electron chi connectivity index (χ3n) is 3.28. The lowest BCUT2D eigenvalue weighted by Gasteiger charge is -2.16. The van der Waals surface area contributed by atoms with Crippen molar-refractivity contribution in [3.63, 3.8) is 0 Å². The van der Waals surface area contributed by atoms with E-state index < -0.39 is 0 Å². The number of benzene rings is 2. The van der Waals surface area contributed by atoms with Crippen LogP contribution in [0.25, 0.3) is 10.2 Å². The van der Waals surface area contributed by atoms with Gasteiger partial charge in [-0.2, -0.15) is 0 Å². The van der Waals surface area contributed by atoms with Gasteiger partial charge in [0.05, 0.1) is 17.3 Å². The fourth-order valence-electron chi connectivity index (χ4n) is 2.20. The van der Waals surface area contributed by atoms with Crippen LogP contribution >= 0.6 is 11.3 Å². The molecule has 0 fully saturated rings. The number of rotatable bonds is 4. The number of fused-ring (bicyclic) bond motifs is 1. The first-order chi connectivity index (χ1) is 10.2. The second-order valence-corrected chi connectivity index (χ2v) is 5.94. The van der Waals surface area contributed by atoms with Crippen LogP contribution < -0.4 is 15.4 Å². The smallest absolute Gasteiger partial charge is 0.186 e. The van der Waals surface area contributed by atoms with E-state index in [1.54, 1.807) is 18.4 Å². The van der Waals surface area contributed by atoms with E-state index in [1.807, 2.05) is 43.4 Å². The molecule has 1 aromatic heterocycles. The van der Waals surface area contributed by atoms with Crippen molar-refractivity contribution in [1.29, 1.82) is 0 Å². The van der Waals surface area contributed by atoms with E-state index in [2.05, 4.69) is 16.0 Å². The molecule has 2 aromatic carbocycles. The van der Waals surface area contributed by atoms with Gasteiger partial charge >= 0.3 is 0 Å². The van der Waals surface area contributed by atoms with Gasteiger partial charge in [0.1, 0.15) is 5.75 Å². The van der Waals surface area contributed by atoms with E-state index in [0.29, 0.717) is 0 Å². The molecule has 0 aliphatic heterocycles. The van der Waals surface area contributed by atoms with Crippen LogP contribution in [-0.4, -0.2) is 19.1 Å². The van der Waals surface area contributed by atoms with Crippen molar-refractivity contribution in [2.45, 2.75) is 6.54 Å². The zero-order chi connectivity index (χ0) is 14.8. The van der Waals surface area contributed by atoms with Gasteiger partial charge < -0.3 is 15.4 Å². The SMILES string of the molecule is COc1cccc(CN(C)c2nc3ccc(N)cc3s2)c1. The molecule has 0 aliphatic carbocycles. The van der Waals surface area contributed by atoms with Gasteiger partial charge in [-0.15, -0.1) is 0 Å². The molecule has 0 atom stereocenters. The Morgan fingerprint density at radius 3 is 2.90 bits per heavy atom. The average Bonchev–Trinajstić information content (AvgIpc) is 2.90. The Morgan fingerprint density at radius 2 is 2.10 bits per heavy atom.